The van der Waals surface area contributed by atoms with E-state index in [1.54, 1.807) is 6.92 Å². The van der Waals surface area contributed by atoms with Crippen LogP contribution >= 0.6 is 0 Å². The minimum atomic E-state index is -1.06. The molecule has 1 atom stereocenters. The van der Waals surface area contributed by atoms with Crippen LogP contribution in [0.4, 0.5) is 17.3 Å². The van der Waals surface area contributed by atoms with E-state index in [-0.39, 0.29) is 23.9 Å². The molecule has 1 aromatic rings. The Morgan fingerprint density at radius 3 is 2.70 bits per heavy atom. The molecule has 9 heteroatoms. The topological polar surface area (TPSA) is 122 Å². The van der Waals surface area contributed by atoms with Crippen LogP contribution in [0.1, 0.15) is 13.3 Å². The standard InChI is InChI=1S/C11H19N5O4/c1-11(17,4-5-20-3)6-13-10-8(16(18)19)9(12-2)14-7-15-10/h7,17H,4-6H2,1-3H3,(H2,12,13,14,15). The van der Waals surface area contributed by atoms with Crippen LogP contribution in [-0.4, -0.2) is 52.9 Å². The molecule has 1 unspecified atom stereocenters. The Hall–Kier alpha value is -2.00. The van der Waals surface area contributed by atoms with Gasteiger partial charge in [0.15, 0.2) is 0 Å². The molecule has 0 aromatic carbocycles. The zero-order chi connectivity index (χ0) is 15.2. The number of nitrogens with one attached hydrogen (secondary N) is 2. The molecule has 9 nitrogen and oxygen atoms in total. The summed E-state index contributed by atoms with van der Waals surface area (Å²) >= 11 is 0. The van der Waals surface area contributed by atoms with Crippen LogP contribution < -0.4 is 10.6 Å². The van der Waals surface area contributed by atoms with Crippen molar-refractivity contribution in [3.05, 3.63) is 16.4 Å². The molecule has 1 aromatic heterocycles. The van der Waals surface area contributed by atoms with E-state index in [1.807, 2.05) is 0 Å². The lowest BCUT2D eigenvalue weighted by Gasteiger charge is -2.23. The number of methoxy groups -OCH3 is 1. The summed E-state index contributed by atoms with van der Waals surface area (Å²) in [5.41, 5.74) is -1.31. The molecule has 0 spiro atoms. The van der Waals surface area contributed by atoms with E-state index in [9.17, 15) is 15.2 Å². The number of nitro groups is 1. The van der Waals surface area contributed by atoms with E-state index in [1.165, 1.54) is 20.5 Å². The highest BCUT2D eigenvalue weighted by Gasteiger charge is 2.25. The molecule has 0 aliphatic rings. The Bertz CT molecular complexity index is 466. The van der Waals surface area contributed by atoms with Gasteiger partial charge in [0, 0.05) is 33.7 Å². The highest BCUT2D eigenvalue weighted by molar-refractivity contribution is 5.69. The Balaban J connectivity index is 2.85. The fourth-order valence-electron chi connectivity index (χ4n) is 1.55. The van der Waals surface area contributed by atoms with Gasteiger partial charge in [0.05, 0.1) is 10.5 Å². The van der Waals surface area contributed by atoms with Crippen molar-refractivity contribution in [3.63, 3.8) is 0 Å². The first-order valence-corrected chi connectivity index (χ1v) is 6.03. The Labute approximate surface area is 116 Å². The van der Waals surface area contributed by atoms with Crippen molar-refractivity contribution in [3.8, 4) is 0 Å². The second-order valence-electron chi connectivity index (χ2n) is 4.52. The number of ether oxygens (including phenoxy) is 1. The molecule has 0 aliphatic heterocycles. The highest BCUT2D eigenvalue weighted by atomic mass is 16.6. The van der Waals surface area contributed by atoms with Crippen molar-refractivity contribution in [2.45, 2.75) is 18.9 Å². The Kier molecular flexibility index (Phi) is 5.59. The number of nitrogens with zero attached hydrogens (tertiary/aromatic N) is 3. The van der Waals surface area contributed by atoms with Gasteiger partial charge in [0.25, 0.3) is 0 Å². The van der Waals surface area contributed by atoms with Crippen molar-refractivity contribution in [1.29, 1.82) is 0 Å². The number of hydrogen-bond acceptors (Lipinski definition) is 8. The molecule has 20 heavy (non-hydrogen) atoms. The van der Waals surface area contributed by atoms with Crippen LogP contribution in [0, 0.1) is 10.1 Å². The molecule has 0 radical (unpaired) electrons. The van der Waals surface area contributed by atoms with Gasteiger partial charge in [-0.1, -0.05) is 0 Å². The van der Waals surface area contributed by atoms with Gasteiger partial charge in [0.1, 0.15) is 6.33 Å². The summed E-state index contributed by atoms with van der Waals surface area (Å²) in [7, 11) is 3.08. The summed E-state index contributed by atoms with van der Waals surface area (Å²) in [4.78, 5) is 18.1. The summed E-state index contributed by atoms with van der Waals surface area (Å²) in [5, 5.41) is 26.6. The molecule has 0 aliphatic carbocycles. The average Bonchev–Trinajstić information content (AvgIpc) is 2.42. The first-order valence-electron chi connectivity index (χ1n) is 6.03. The van der Waals surface area contributed by atoms with Crippen LogP contribution in [0.2, 0.25) is 0 Å². The Morgan fingerprint density at radius 2 is 2.15 bits per heavy atom. The fourth-order valence-corrected chi connectivity index (χ4v) is 1.55. The Morgan fingerprint density at radius 1 is 1.50 bits per heavy atom. The molecule has 3 N–H and O–H groups in total. The maximum Gasteiger partial charge on any atom is 0.353 e. The lowest BCUT2D eigenvalue weighted by Crippen LogP contribution is -2.35. The lowest BCUT2D eigenvalue weighted by molar-refractivity contribution is -0.383. The van der Waals surface area contributed by atoms with Gasteiger partial charge in [-0.3, -0.25) is 10.1 Å². The number of aromatic nitrogens is 2. The van der Waals surface area contributed by atoms with Gasteiger partial charge in [-0.25, -0.2) is 9.97 Å². The molecular weight excluding hydrogens is 266 g/mol. The number of hydrogen-bond donors (Lipinski definition) is 3. The van der Waals surface area contributed by atoms with Crippen molar-refractivity contribution < 1.29 is 14.8 Å². The van der Waals surface area contributed by atoms with Gasteiger partial charge < -0.3 is 20.5 Å². The molecule has 112 valence electrons. The molecule has 0 fully saturated rings. The monoisotopic (exact) mass is 285 g/mol. The van der Waals surface area contributed by atoms with E-state index in [0.29, 0.717) is 13.0 Å². The molecular formula is C11H19N5O4. The van der Waals surface area contributed by atoms with Gasteiger partial charge in [0.2, 0.25) is 11.6 Å². The fraction of sp³-hybridized carbons (Fsp3) is 0.636. The van der Waals surface area contributed by atoms with Crippen molar-refractivity contribution >= 4 is 17.3 Å². The predicted molar refractivity (Wildman–Crippen MR) is 73.8 cm³/mol. The van der Waals surface area contributed by atoms with E-state index in [4.69, 9.17) is 4.74 Å². The predicted octanol–water partition coefficient (Wildman–Crippen LogP) is 0.626. The summed E-state index contributed by atoms with van der Waals surface area (Å²) < 4.78 is 4.90. The average molecular weight is 285 g/mol. The maximum atomic E-state index is 11.1. The summed E-state index contributed by atoms with van der Waals surface area (Å²) in [5.74, 6) is 0.177. The SMILES string of the molecule is CNc1ncnc(NCC(C)(O)CCOC)c1[N+](=O)[O-]. The van der Waals surface area contributed by atoms with Crippen molar-refractivity contribution in [1.82, 2.24) is 9.97 Å². The summed E-state index contributed by atoms with van der Waals surface area (Å²) in [6, 6.07) is 0. The minimum Gasteiger partial charge on any atom is -0.388 e. The zero-order valence-electron chi connectivity index (χ0n) is 11.7. The van der Waals surface area contributed by atoms with Gasteiger partial charge in [-0.15, -0.1) is 0 Å². The van der Waals surface area contributed by atoms with Gasteiger partial charge in [-0.2, -0.15) is 0 Å². The van der Waals surface area contributed by atoms with Crippen LogP contribution in [0.5, 0.6) is 0 Å². The van der Waals surface area contributed by atoms with Gasteiger partial charge in [-0.05, 0) is 6.92 Å². The molecule has 0 saturated carbocycles. The van der Waals surface area contributed by atoms with Crippen LogP contribution in [0.3, 0.4) is 0 Å². The van der Waals surface area contributed by atoms with E-state index in [0.717, 1.165) is 0 Å². The number of aliphatic hydroxyl groups is 1. The number of anilines is 2. The molecule has 0 bridgehead atoms. The van der Waals surface area contributed by atoms with E-state index in [2.05, 4.69) is 20.6 Å². The third-order valence-corrected chi connectivity index (χ3v) is 2.72. The second kappa shape index (κ2) is 6.96. The first kappa shape index (κ1) is 16.1. The summed E-state index contributed by atoms with van der Waals surface area (Å²) in [6.45, 7) is 2.12. The highest BCUT2D eigenvalue weighted by Crippen LogP contribution is 2.28. The molecule has 0 saturated heterocycles. The van der Waals surface area contributed by atoms with Crippen LogP contribution in [0.15, 0.2) is 6.33 Å². The van der Waals surface area contributed by atoms with E-state index >= 15 is 0 Å². The third kappa shape index (κ3) is 4.28. The number of rotatable bonds is 8. The first-order chi connectivity index (χ1) is 9.41. The van der Waals surface area contributed by atoms with Crippen molar-refractivity contribution in [2.24, 2.45) is 0 Å². The van der Waals surface area contributed by atoms with E-state index < -0.39 is 10.5 Å². The largest absolute Gasteiger partial charge is 0.388 e. The van der Waals surface area contributed by atoms with Gasteiger partial charge >= 0.3 is 5.69 Å². The van der Waals surface area contributed by atoms with Crippen LogP contribution in [-0.2, 0) is 4.74 Å². The molecule has 1 heterocycles. The lowest BCUT2D eigenvalue weighted by atomic mass is 10.0. The summed E-state index contributed by atoms with van der Waals surface area (Å²) in [6.07, 6.45) is 1.61. The van der Waals surface area contributed by atoms with Crippen LogP contribution in [0.25, 0.3) is 0 Å². The normalized spacial score (nSPS) is 13.6. The second-order valence-corrected chi connectivity index (χ2v) is 4.52. The molecule has 0 amide bonds. The quantitative estimate of drug-likeness (QED) is 0.469. The van der Waals surface area contributed by atoms with Crippen molar-refractivity contribution in [2.75, 3.05) is 37.9 Å². The smallest absolute Gasteiger partial charge is 0.353 e. The minimum absolute atomic E-state index is 0.0621. The third-order valence-electron chi connectivity index (χ3n) is 2.72. The molecule has 1 rings (SSSR count). The zero-order valence-corrected chi connectivity index (χ0v) is 11.7. The maximum absolute atomic E-state index is 11.1.